The molecule has 13 heavy (non-hydrogen) atoms. The monoisotopic (exact) mass is 184 g/mol. The first-order chi connectivity index (χ1) is 6.45. The number of H-pyrrole nitrogens is 1. The summed E-state index contributed by atoms with van der Waals surface area (Å²) in [6, 6.07) is 0. The van der Waals surface area contributed by atoms with Crippen LogP contribution < -0.4 is 27.2 Å². The topological polar surface area (TPSA) is 102 Å². The van der Waals surface area contributed by atoms with Crippen LogP contribution in [0.2, 0.25) is 0 Å². The van der Waals surface area contributed by atoms with E-state index in [4.69, 9.17) is 0 Å². The van der Waals surface area contributed by atoms with Crippen LogP contribution in [0.25, 0.3) is 0 Å². The van der Waals surface area contributed by atoms with E-state index in [1.54, 1.807) is 0 Å². The summed E-state index contributed by atoms with van der Waals surface area (Å²) in [5, 5.41) is 9.73. The molecule has 1 fully saturated rings. The van der Waals surface area contributed by atoms with Crippen molar-refractivity contribution in [2.24, 2.45) is 0 Å². The second kappa shape index (κ2) is 4.25. The number of rotatable bonds is 4. The van der Waals surface area contributed by atoms with Gasteiger partial charge in [0, 0.05) is 13.0 Å². The van der Waals surface area contributed by atoms with Gasteiger partial charge in [0.05, 0.1) is 0 Å². The van der Waals surface area contributed by atoms with E-state index >= 15 is 0 Å². The van der Waals surface area contributed by atoms with E-state index < -0.39 is 0 Å². The molecule has 0 atom stereocenters. The summed E-state index contributed by atoms with van der Waals surface area (Å²) in [5.74, 6) is 0.881. The van der Waals surface area contributed by atoms with E-state index in [9.17, 15) is 0 Å². The summed E-state index contributed by atoms with van der Waals surface area (Å²) >= 11 is 0. The molecule has 1 saturated heterocycles. The Balaban J connectivity index is 1.63. The number of nitrogens with zero attached hydrogens (tertiary/aromatic N) is 2. The largest absolute Gasteiger partial charge is 0.287 e. The minimum Gasteiger partial charge on any atom is -0.287 e. The van der Waals surface area contributed by atoms with E-state index in [0.717, 1.165) is 18.8 Å². The van der Waals surface area contributed by atoms with E-state index in [-0.39, 0.29) is 6.29 Å². The van der Waals surface area contributed by atoms with E-state index in [2.05, 4.69) is 42.4 Å². The van der Waals surface area contributed by atoms with Crippen molar-refractivity contribution < 1.29 is 0 Å². The minimum atomic E-state index is 0.0305. The Bertz CT molecular complexity index is 227. The molecule has 1 aliphatic rings. The van der Waals surface area contributed by atoms with Crippen LogP contribution in [0, 0.1) is 0 Å². The first-order valence-electron chi connectivity index (χ1n) is 4.04. The average Bonchev–Trinajstić information content (AvgIpc) is 2.75. The maximum absolute atomic E-state index is 4.00. The van der Waals surface area contributed by atoms with Crippen molar-refractivity contribution in [2.45, 2.75) is 12.7 Å². The van der Waals surface area contributed by atoms with Crippen molar-refractivity contribution in [3.8, 4) is 0 Å². The summed E-state index contributed by atoms with van der Waals surface area (Å²) in [5.41, 5.74) is 11.2. The predicted octanol–water partition coefficient (Wildman–Crippen LogP) is -2.66. The standard InChI is InChI=1S/C5H12N8/c1(4-7-3-8-9-4)2-6-5-10-12-13-11-5/h3,5-6,10-13H,1-2H2,(H,7,8,9). The molecule has 8 nitrogen and oxygen atoms in total. The Morgan fingerprint density at radius 1 is 1.38 bits per heavy atom. The molecule has 0 saturated carbocycles. The number of aromatic nitrogens is 3. The van der Waals surface area contributed by atoms with E-state index in [1.807, 2.05) is 0 Å². The van der Waals surface area contributed by atoms with Gasteiger partial charge in [-0.15, -0.1) is 0 Å². The number of nitrogens with one attached hydrogen (secondary N) is 6. The molecule has 0 aliphatic carbocycles. The molecule has 72 valence electrons. The van der Waals surface area contributed by atoms with Gasteiger partial charge in [-0.3, -0.25) is 10.4 Å². The van der Waals surface area contributed by atoms with Crippen molar-refractivity contribution in [3.05, 3.63) is 12.2 Å². The van der Waals surface area contributed by atoms with Gasteiger partial charge in [-0.1, -0.05) is 0 Å². The molecule has 2 heterocycles. The van der Waals surface area contributed by atoms with Crippen LogP contribution in [0.1, 0.15) is 5.82 Å². The minimum absolute atomic E-state index is 0.0305. The number of aromatic amines is 1. The quantitative estimate of drug-likeness (QED) is 0.303. The summed E-state index contributed by atoms with van der Waals surface area (Å²) in [4.78, 5) is 4.00. The van der Waals surface area contributed by atoms with Crippen LogP contribution >= 0.6 is 0 Å². The molecule has 8 heteroatoms. The number of hydrogen-bond acceptors (Lipinski definition) is 7. The van der Waals surface area contributed by atoms with Gasteiger partial charge < -0.3 is 0 Å². The highest BCUT2D eigenvalue weighted by atomic mass is 15.8. The van der Waals surface area contributed by atoms with E-state index in [0.29, 0.717) is 0 Å². The molecule has 0 unspecified atom stereocenters. The Labute approximate surface area is 74.8 Å². The molecule has 1 aromatic rings. The fraction of sp³-hybridized carbons (Fsp3) is 0.600. The first-order valence-corrected chi connectivity index (χ1v) is 4.04. The van der Waals surface area contributed by atoms with Gasteiger partial charge in [0.15, 0.2) is 0 Å². The third-order valence-corrected chi connectivity index (χ3v) is 1.67. The van der Waals surface area contributed by atoms with Crippen molar-refractivity contribution in [1.29, 1.82) is 0 Å². The molecule has 0 bridgehead atoms. The van der Waals surface area contributed by atoms with Gasteiger partial charge in [0.25, 0.3) is 0 Å². The molecule has 1 aromatic heterocycles. The summed E-state index contributed by atoms with van der Waals surface area (Å²) < 4.78 is 0. The lowest BCUT2D eigenvalue weighted by atomic mass is 10.4. The van der Waals surface area contributed by atoms with Crippen LogP contribution in [0.5, 0.6) is 0 Å². The molecule has 0 aromatic carbocycles. The lowest BCUT2D eigenvalue weighted by molar-refractivity contribution is 0.426. The van der Waals surface area contributed by atoms with Gasteiger partial charge in [-0.25, -0.2) is 15.8 Å². The van der Waals surface area contributed by atoms with Crippen LogP contribution in [0.4, 0.5) is 0 Å². The van der Waals surface area contributed by atoms with Crippen molar-refractivity contribution in [3.63, 3.8) is 0 Å². The molecule has 2 rings (SSSR count). The zero-order chi connectivity index (χ0) is 8.93. The zero-order valence-corrected chi connectivity index (χ0v) is 6.96. The van der Waals surface area contributed by atoms with Crippen molar-refractivity contribution >= 4 is 0 Å². The van der Waals surface area contributed by atoms with Crippen LogP contribution in [-0.4, -0.2) is 28.0 Å². The highest BCUT2D eigenvalue weighted by Gasteiger charge is 2.10. The highest BCUT2D eigenvalue weighted by Crippen LogP contribution is 1.85. The summed E-state index contributed by atoms with van der Waals surface area (Å²) in [7, 11) is 0. The zero-order valence-electron chi connectivity index (χ0n) is 6.96. The SMILES string of the molecule is c1n[nH]c(CCNC2NNNN2)n1. The molecule has 0 radical (unpaired) electrons. The Morgan fingerprint density at radius 2 is 2.23 bits per heavy atom. The van der Waals surface area contributed by atoms with Crippen LogP contribution in [0.15, 0.2) is 6.33 Å². The second-order valence-corrected chi connectivity index (χ2v) is 2.61. The van der Waals surface area contributed by atoms with Crippen molar-refractivity contribution in [1.82, 2.24) is 42.4 Å². The number of hydrazine groups is 3. The smallest absolute Gasteiger partial charge is 0.139 e. The average molecular weight is 184 g/mol. The molecule has 0 amide bonds. The fourth-order valence-electron chi connectivity index (χ4n) is 1.04. The first kappa shape index (κ1) is 8.53. The third-order valence-electron chi connectivity index (χ3n) is 1.67. The normalized spacial score (nSPS) is 18.2. The van der Waals surface area contributed by atoms with Gasteiger partial charge in [0.2, 0.25) is 0 Å². The Kier molecular flexibility index (Phi) is 2.79. The molecular formula is C5H12N8. The van der Waals surface area contributed by atoms with Crippen LogP contribution in [-0.2, 0) is 6.42 Å². The van der Waals surface area contributed by atoms with Crippen LogP contribution in [0.3, 0.4) is 0 Å². The lowest BCUT2D eigenvalue weighted by Crippen LogP contribution is -2.47. The summed E-state index contributed by atoms with van der Waals surface area (Å²) in [6.07, 6.45) is 2.35. The Morgan fingerprint density at radius 3 is 2.92 bits per heavy atom. The summed E-state index contributed by atoms with van der Waals surface area (Å²) in [6.45, 7) is 0.809. The highest BCUT2D eigenvalue weighted by molar-refractivity contribution is 4.80. The third kappa shape index (κ3) is 2.44. The fourth-order valence-corrected chi connectivity index (χ4v) is 1.04. The lowest BCUT2D eigenvalue weighted by Gasteiger charge is -2.09. The number of hydrogen-bond donors (Lipinski definition) is 6. The maximum Gasteiger partial charge on any atom is 0.139 e. The van der Waals surface area contributed by atoms with Gasteiger partial charge in [-0.2, -0.15) is 16.2 Å². The van der Waals surface area contributed by atoms with Gasteiger partial charge in [0.1, 0.15) is 18.4 Å². The van der Waals surface area contributed by atoms with E-state index in [1.165, 1.54) is 6.33 Å². The second-order valence-electron chi connectivity index (χ2n) is 2.61. The maximum atomic E-state index is 4.00. The molecular weight excluding hydrogens is 172 g/mol. The molecule has 1 aliphatic heterocycles. The van der Waals surface area contributed by atoms with Gasteiger partial charge >= 0.3 is 0 Å². The Hall–Kier alpha value is -1.06. The van der Waals surface area contributed by atoms with Gasteiger partial charge in [-0.05, 0) is 0 Å². The van der Waals surface area contributed by atoms with Crippen molar-refractivity contribution in [2.75, 3.05) is 6.54 Å². The predicted molar refractivity (Wildman–Crippen MR) is 44.4 cm³/mol. The molecule has 0 spiro atoms. The molecule has 6 N–H and O–H groups in total.